The smallest absolute Gasteiger partial charge is 0.261 e. The highest BCUT2D eigenvalue weighted by molar-refractivity contribution is 9.10. The van der Waals surface area contributed by atoms with Gasteiger partial charge in [-0.2, -0.15) is 0 Å². The van der Waals surface area contributed by atoms with Crippen LogP contribution in [-0.4, -0.2) is 23.9 Å². The Balaban J connectivity index is 2.07. The second kappa shape index (κ2) is 4.37. The van der Waals surface area contributed by atoms with Crippen LogP contribution in [-0.2, 0) is 6.54 Å². The Labute approximate surface area is 100 Å². The van der Waals surface area contributed by atoms with E-state index in [0.717, 1.165) is 4.47 Å². The van der Waals surface area contributed by atoms with E-state index in [-0.39, 0.29) is 18.8 Å². The van der Waals surface area contributed by atoms with Crippen molar-refractivity contribution in [2.45, 2.75) is 18.9 Å². The van der Waals surface area contributed by atoms with Gasteiger partial charge in [0.1, 0.15) is 5.82 Å². The third-order valence-corrected chi connectivity index (χ3v) is 3.42. The Morgan fingerprint density at radius 3 is 2.75 bits per heavy atom. The zero-order chi connectivity index (χ0) is 11.8. The van der Waals surface area contributed by atoms with Crippen molar-refractivity contribution in [2.24, 2.45) is 0 Å². The van der Waals surface area contributed by atoms with Crippen LogP contribution in [0.3, 0.4) is 0 Å². The fourth-order valence-electron chi connectivity index (χ4n) is 1.85. The van der Waals surface area contributed by atoms with Gasteiger partial charge < -0.3 is 0 Å². The van der Waals surface area contributed by atoms with Crippen LogP contribution in [0.2, 0.25) is 0 Å². The van der Waals surface area contributed by atoms with E-state index in [2.05, 4.69) is 15.9 Å². The van der Waals surface area contributed by atoms with Crippen molar-refractivity contribution in [1.29, 1.82) is 0 Å². The molecule has 1 saturated heterocycles. The van der Waals surface area contributed by atoms with Crippen LogP contribution in [0, 0.1) is 5.82 Å². The van der Waals surface area contributed by atoms with Crippen molar-refractivity contribution in [1.82, 2.24) is 4.90 Å². The van der Waals surface area contributed by atoms with Gasteiger partial charge in [0, 0.05) is 24.0 Å². The molecule has 0 atom stereocenters. The van der Waals surface area contributed by atoms with Crippen LogP contribution in [0.15, 0.2) is 22.7 Å². The fourth-order valence-corrected chi connectivity index (χ4v) is 2.22. The van der Waals surface area contributed by atoms with Gasteiger partial charge in [0.2, 0.25) is 0 Å². The summed E-state index contributed by atoms with van der Waals surface area (Å²) in [7, 11) is 0. The van der Waals surface area contributed by atoms with Crippen LogP contribution in [0.1, 0.15) is 12.0 Å². The van der Waals surface area contributed by atoms with E-state index in [1.165, 1.54) is 12.1 Å². The summed E-state index contributed by atoms with van der Waals surface area (Å²) >= 11 is 3.29. The van der Waals surface area contributed by atoms with E-state index in [0.29, 0.717) is 18.7 Å². The number of halogens is 4. The normalized spacial score (nSPS) is 20.2. The first-order valence-electron chi connectivity index (χ1n) is 5.00. The molecule has 0 saturated carbocycles. The molecule has 1 aromatic carbocycles. The highest BCUT2D eigenvalue weighted by Gasteiger charge is 2.38. The minimum Gasteiger partial charge on any atom is -0.293 e. The molecule has 0 amide bonds. The molecule has 88 valence electrons. The maximum absolute atomic E-state index is 13.0. The molecule has 1 heterocycles. The number of likely N-dealkylation sites (tertiary alicyclic amines) is 1. The highest BCUT2D eigenvalue weighted by atomic mass is 79.9. The Kier molecular flexibility index (Phi) is 3.26. The molecule has 1 aromatic rings. The molecular formula is C11H11BrF3N. The predicted octanol–water partition coefficient (Wildman–Crippen LogP) is 3.43. The Morgan fingerprint density at radius 1 is 1.38 bits per heavy atom. The number of alkyl halides is 2. The van der Waals surface area contributed by atoms with E-state index >= 15 is 0 Å². The van der Waals surface area contributed by atoms with E-state index in [1.807, 2.05) is 0 Å². The molecule has 16 heavy (non-hydrogen) atoms. The van der Waals surface area contributed by atoms with Crippen LogP contribution in [0.5, 0.6) is 0 Å². The molecule has 0 N–H and O–H groups in total. The summed E-state index contributed by atoms with van der Waals surface area (Å²) in [6.45, 7) is 0.472. The third-order valence-electron chi connectivity index (χ3n) is 2.65. The molecule has 0 unspecified atom stereocenters. The summed E-state index contributed by atoms with van der Waals surface area (Å²) in [4.78, 5) is 1.64. The lowest BCUT2D eigenvalue weighted by Crippen LogP contribution is -2.25. The van der Waals surface area contributed by atoms with E-state index in [9.17, 15) is 13.2 Å². The van der Waals surface area contributed by atoms with Gasteiger partial charge in [-0.15, -0.1) is 0 Å². The lowest BCUT2D eigenvalue weighted by atomic mass is 10.2. The number of hydrogen-bond donors (Lipinski definition) is 0. The first kappa shape index (κ1) is 11.9. The van der Waals surface area contributed by atoms with Crippen molar-refractivity contribution in [3.63, 3.8) is 0 Å². The van der Waals surface area contributed by atoms with Gasteiger partial charge in [-0.3, -0.25) is 4.90 Å². The van der Waals surface area contributed by atoms with Gasteiger partial charge in [-0.1, -0.05) is 15.9 Å². The molecule has 2 rings (SSSR count). The molecule has 0 spiro atoms. The summed E-state index contributed by atoms with van der Waals surface area (Å²) in [5, 5.41) is 0. The highest BCUT2D eigenvalue weighted by Crippen LogP contribution is 2.29. The molecule has 1 aliphatic heterocycles. The fraction of sp³-hybridized carbons (Fsp3) is 0.455. The van der Waals surface area contributed by atoms with Crippen molar-refractivity contribution < 1.29 is 13.2 Å². The standard InChI is InChI=1S/C11H11BrF3N/c12-10-2-1-9(13)5-8(10)6-16-4-3-11(14,15)7-16/h1-2,5H,3-4,6-7H2. The van der Waals surface area contributed by atoms with Crippen LogP contribution in [0.25, 0.3) is 0 Å². The topological polar surface area (TPSA) is 3.24 Å². The van der Waals surface area contributed by atoms with Crippen molar-refractivity contribution in [3.05, 3.63) is 34.1 Å². The molecule has 0 radical (unpaired) electrons. The predicted molar refractivity (Wildman–Crippen MR) is 58.9 cm³/mol. The molecule has 0 aliphatic carbocycles. The zero-order valence-electron chi connectivity index (χ0n) is 8.52. The van der Waals surface area contributed by atoms with Crippen LogP contribution >= 0.6 is 15.9 Å². The lowest BCUT2D eigenvalue weighted by Gasteiger charge is -2.16. The molecule has 1 nitrogen and oxygen atoms in total. The summed E-state index contributed by atoms with van der Waals surface area (Å²) < 4.78 is 39.6. The minimum absolute atomic E-state index is 0.111. The molecule has 0 bridgehead atoms. The van der Waals surface area contributed by atoms with Gasteiger partial charge in [0.15, 0.2) is 0 Å². The van der Waals surface area contributed by atoms with Gasteiger partial charge in [-0.25, -0.2) is 13.2 Å². The van der Waals surface area contributed by atoms with Crippen molar-refractivity contribution in [3.8, 4) is 0 Å². The number of hydrogen-bond acceptors (Lipinski definition) is 1. The van der Waals surface area contributed by atoms with Crippen LogP contribution < -0.4 is 0 Å². The average Bonchev–Trinajstić information content (AvgIpc) is 2.52. The number of benzene rings is 1. The summed E-state index contributed by atoms with van der Waals surface area (Å²) in [5.41, 5.74) is 0.706. The molecule has 5 heteroatoms. The largest absolute Gasteiger partial charge is 0.293 e. The second-order valence-corrected chi connectivity index (χ2v) is 4.91. The van der Waals surface area contributed by atoms with Crippen molar-refractivity contribution in [2.75, 3.05) is 13.1 Å². The molecule has 0 aromatic heterocycles. The summed E-state index contributed by atoms with van der Waals surface area (Å²) in [5.74, 6) is -2.94. The quantitative estimate of drug-likeness (QED) is 0.807. The van der Waals surface area contributed by atoms with E-state index in [1.54, 1.807) is 11.0 Å². The molecular weight excluding hydrogens is 283 g/mol. The first-order chi connectivity index (χ1) is 7.46. The van der Waals surface area contributed by atoms with Crippen LogP contribution in [0.4, 0.5) is 13.2 Å². The third kappa shape index (κ3) is 2.77. The van der Waals surface area contributed by atoms with Gasteiger partial charge in [-0.05, 0) is 23.8 Å². The molecule has 1 fully saturated rings. The lowest BCUT2D eigenvalue weighted by molar-refractivity contribution is 0.0115. The van der Waals surface area contributed by atoms with Gasteiger partial charge in [0.05, 0.1) is 6.54 Å². The number of nitrogens with zero attached hydrogens (tertiary/aromatic N) is 1. The van der Waals surface area contributed by atoms with Gasteiger partial charge in [0.25, 0.3) is 5.92 Å². The maximum atomic E-state index is 13.0. The summed E-state index contributed by atoms with van der Waals surface area (Å²) in [6, 6.07) is 4.31. The average molecular weight is 294 g/mol. The zero-order valence-corrected chi connectivity index (χ0v) is 10.1. The SMILES string of the molecule is Fc1ccc(Br)c(CN2CCC(F)(F)C2)c1. The Morgan fingerprint density at radius 2 is 2.12 bits per heavy atom. The van der Waals surface area contributed by atoms with E-state index < -0.39 is 5.92 Å². The van der Waals surface area contributed by atoms with Crippen molar-refractivity contribution >= 4 is 15.9 Å². The number of rotatable bonds is 2. The monoisotopic (exact) mass is 293 g/mol. The Hall–Kier alpha value is -0.550. The second-order valence-electron chi connectivity index (χ2n) is 4.05. The maximum Gasteiger partial charge on any atom is 0.261 e. The summed E-state index contributed by atoms with van der Waals surface area (Å²) in [6.07, 6.45) is -0.111. The Bertz CT molecular complexity index is 395. The minimum atomic E-state index is -2.60. The first-order valence-corrected chi connectivity index (χ1v) is 5.80. The molecule has 1 aliphatic rings. The van der Waals surface area contributed by atoms with Gasteiger partial charge >= 0.3 is 0 Å². The van der Waals surface area contributed by atoms with E-state index in [4.69, 9.17) is 0 Å².